The molecule has 0 bridgehead atoms. The summed E-state index contributed by atoms with van der Waals surface area (Å²) in [6.45, 7) is 6.67. The highest BCUT2D eigenvalue weighted by molar-refractivity contribution is 9.10. The minimum atomic E-state index is 0.447. The topological polar surface area (TPSA) is 29.9 Å². The van der Waals surface area contributed by atoms with Gasteiger partial charge in [-0.1, -0.05) is 15.9 Å². The van der Waals surface area contributed by atoms with E-state index in [0.29, 0.717) is 12.0 Å². The molecule has 0 aliphatic carbocycles. The van der Waals surface area contributed by atoms with Gasteiger partial charge in [0.15, 0.2) is 0 Å². The molecule has 102 valence electrons. The highest BCUT2D eigenvalue weighted by Gasteiger charge is 2.23. The Bertz CT molecular complexity index is 582. The van der Waals surface area contributed by atoms with Gasteiger partial charge in [-0.3, -0.25) is 0 Å². The minimum absolute atomic E-state index is 0.447. The summed E-state index contributed by atoms with van der Waals surface area (Å²) >= 11 is 3.54. The SMILES string of the molecule is CC(C)n1c(C2CCCNC2)nc2cc(Br)ccc21. The molecule has 1 unspecified atom stereocenters. The lowest BCUT2D eigenvalue weighted by Gasteiger charge is -2.24. The molecule has 1 aromatic carbocycles. The van der Waals surface area contributed by atoms with Crippen molar-refractivity contribution in [1.82, 2.24) is 14.9 Å². The third-order valence-corrected chi connectivity index (χ3v) is 4.35. The van der Waals surface area contributed by atoms with Crippen molar-refractivity contribution in [2.24, 2.45) is 0 Å². The van der Waals surface area contributed by atoms with Crippen molar-refractivity contribution < 1.29 is 0 Å². The van der Waals surface area contributed by atoms with Gasteiger partial charge in [-0.05, 0) is 51.4 Å². The molecule has 0 spiro atoms. The Morgan fingerprint density at radius 1 is 1.42 bits per heavy atom. The lowest BCUT2D eigenvalue weighted by molar-refractivity contribution is 0.425. The summed E-state index contributed by atoms with van der Waals surface area (Å²) in [5, 5.41) is 3.49. The molecular weight excluding hydrogens is 302 g/mol. The van der Waals surface area contributed by atoms with E-state index >= 15 is 0 Å². The minimum Gasteiger partial charge on any atom is -0.325 e. The van der Waals surface area contributed by atoms with Crippen LogP contribution in [0.3, 0.4) is 0 Å². The molecule has 1 aliphatic heterocycles. The Hall–Kier alpha value is -0.870. The fraction of sp³-hybridized carbons (Fsp3) is 0.533. The zero-order chi connectivity index (χ0) is 13.4. The molecule has 0 saturated carbocycles. The zero-order valence-electron chi connectivity index (χ0n) is 11.5. The van der Waals surface area contributed by atoms with Crippen LogP contribution in [-0.2, 0) is 0 Å². The van der Waals surface area contributed by atoms with Gasteiger partial charge in [-0.15, -0.1) is 0 Å². The Morgan fingerprint density at radius 3 is 2.95 bits per heavy atom. The molecule has 0 radical (unpaired) electrons. The number of fused-ring (bicyclic) bond motifs is 1. The molecule has 1 aliphatic rings. The normalized spacial score (nSPS) is 20.3. The van der Waals surface area contributed by atoms with Crippen LogP contribution in [0.4, 0.5) is 0 Å². The van der Waals surface area contributed by atoms with Crippen molar-refractivity contribution in [2.45, 2.75) is 38.6 Å². The van der Waals surface area contributed by atoms with Crippen molar-refractivity contribution in [2.75, 3.05) is 13.1 Å². The summed E-state index contributed by atoms with van der Waals surface area (Å²) in [5.41, 5.74) is 2.35. The molecule has 1 fully saturated rings. The maximum Gasteiger partial charge on any atom is 0.114 e. The van der Waals surface area contributed by atoms with Gasteiger partial charge in [0, 0.05) is 23.0 Å². The van der Waals surface area contributed by atoms with Gasteiger partial charge in [0.25, 0.3) is 0 Å². The Morgan fingerprint density at radius 2 is 2.26 bits per heavy atom. The Balaban J connectivity index is 2.13. The fourth-order valence-corrected chi connectivity index (χ4v) is 3.34. The maximum absolute atomic E-state index is 4.91. The monoisotopic (exact) mass is 321 g/mol. The first kappa shape index (κ1) is 13.1. The maximum atomic E-state index is 4.91. The quantitative estimate of drug-likeness (QED) is 0.910. The molecule has 1 aromatic heterocycles. The van der Waals surface area contributed by atoms with Gasteiger partial charge >= 0.3 is 0 Å². The van der Waals surface area contributed by atoms with Crippen LogP contribution < -0.4 is 5.32 Å². The number of hydrogen-bond acceptors (Lipinski definition) is 2. The smallest absolute Gasteiger partial charge is 0.114 e. The number of hydrogen-bond donors (Lipinski definition) is 1. The van der Waals surface area contributed by atoms with Crippen molar-refractivity contribution in [3.63, 3.8) is 0 Å². The molecule has 19 heavy (non-hydrogen) atoms. The molecule has 1 N–H and O–H groups in total. The molecule has 2 heterocycles. The molecule has 1 atom stereocenters. The first-order valence-electron chi connectivity index (χ1n) is 7.05. The second kappa shape index (κ2) is 5.25. The van der Waals surface area contributed by atoms with Crippen LogP contribution in [0.1, 0.15) is 44.5 Å². The summed E-state index contributed by atoms with van der Waals surface area (Å²) in [6, 6.07) is 6.84. The van der Waals surface area contributed by atoms with E-state index in [2.05, 4.69) is 57.9 Å². The van der Waals surface area contributed by atoms with Crippen LogP contribution in [-0.4, -0.2) is 22.6 Å². The number of piperidine rings is 1. The highest BCUT2D eigenvalue weighted by Crippen LogP contribution is 2.30. The number of aromatic nitrogens is 2. The van der Waals surface area contributed by atoms with Gasteiger partial charge in [0.1, 0.15) is 5.82 Å². The van der Waals surface area contributed by atoms with E-state index in [9.17, 15) is 0 Å². The molecule has 0 amide bonds. The van der Waals surface area contributed by atoms with Gasteiger partial charge in [-0.2, -0.15) is 0 Å². The Kier molecular flexibility index (Phi) is 3.63. The first-order valence-corrected chi connectivity index (χ1v) is 7.84. The van der Waals surface area contributed by atoms with E-state index in [0.717, 1.165) is 23.1 Å². The summed E-state index contributed by atoms with van der Waals surface area (Å²) < 4.78 is 3.50. The molecule has 4 heteroatoms. The van der Waals surface area contributed by atoms with Crippen LogP contribution in [0.15, 0.2) is 22.7 Å². The summed E-state index contributed by atoms with van der Waals surface area (Å²) in [4.78, 5) is 4.91. The van der Waals surface area contributed by atoms with Crippen LogP contribution in [0, 0.1) is 0 Å². The number of benzene rings is 1. The lowest BCUT2D eigenvalue weighted by atomic mass is 9.98. The number of nitrogens with zero attached hydrogens (tertiary/aromatic N) is 2. The number of halogens is 1. The number of rotatable bonds is 2. The van der Waals surface area contributed by atoms with Crippen LogP contribution in [0.2, 0.25) is 0 Å². The largest absolute Gasteiger partial charge is 0.325 e. The van der Waals surface area contributed by atoms with Crippen molar-refractivity contribution in [3.05, 3.63) is 28.5 Å². The Labute approximate surface area is 122 Å². The third kappa shape index (κ3) is 2.43. The molecule has 3 nitrogen and oxygen atoms in total. The van der Waals surface area contributed by atoms with E-state index in [4.69, 9.17) is 4.98 Å². The summed E-state index contributed by atoms with van der Waals surface area (Å²) in [6.07, 6.45) is 2.49. The fourth-order valence-electron chi connectivity index (χ4n) is 2.99. The van der Waals surface area contributed by atoms with E-state index in [-0.39, 0.29) is 0 Å². The predicted molar refractivity (Wildman–Crippen MR) is 82.7 cm³/mol. The highest BCUT2D eigenvalue weighted by atomic mass is 79.9. The molecule has 1 saturated heterocycles. The molecule has 2 aromatic rings. The number of imidazole rings is 1. The van der Waals surface area contributed by atoms with E-state index in [1.54, 1.807) is 0 Å². The average Bonchev–Trinajstić information content (AvgIpc) is 2.78. The third-order valence-electron chi connectivity index (χ3n) is 3.86. The van der Waals surface area contributed by atoms with Crippen molar-refractivity contribution >= 4 is 27.0 Å². The second-order valence-electron chi connectivity index (χ2n) is 5.61. The van der Waals surface area contributed by atoms with Gasteiger partial charge < -0.3 is 9.88 Å². The van der Waals surface area contributed by atoms with Gasteiger partial charge in [0.2, 0.25) is 0 Å². The van der Waals surface area contributed by atoms with Crippen LogP contribution >= 0.6 is 15.9 Å². The standard InChI is InChI=1S/C15H20BrN3/c1-10(2)19-14-6-5-12(16)8-13(14)18-15(19)11-4-3-7-17-9-11/h5-6,8,10-11,17H,3-4,7,9H2,1-2H3. The summed E-state index contributed by atoms with van der Waals surface area (Å²) in [5.74, 6) is 1.79. The molecular formula is C15H20BrN3. The van der Waals surface area contributed by atoms with E-state index < -0.39 is 0 Å². The first-order chi connectivity index (χ1) is 9.16. The lowest BCUT2D eigenvalue weighted by Crippen LogP contribution is -2.30. The van der Waals surface area contributed by atoms with E-state index in [1.165, 1.54) is 24.2 Å². The summed E-state index contributed by atoms with van der Waals surface area (Å²) in [7, 11) is 0. The van der Waals surface area contributed by atoms with E-state index in [1.807, 2.05) is 0 Å². The number of nitrogens with one attached hydrogen (secondary N) is 1. The zero-order valence-corrected chi connectivity index (χ0v) is 13.1. The van der Waals surface area contributed by atoms with Crippen molar-refractivity contribution in [1.29, 1.82) is 0 Å². The average molecular weight is 322 g/mol. The van der Waals surface area contributed by atoms with Gasteiger partial charge in [-0.25, -0.2) is 4.98 Å². The van der Waals surface area contributed by atoms with Gasteiger partial charge in [0.05, 0.1) is 11.0 Å². The van der Waals surface area contributed by atoms with Crippen LogP contribution in [0.5, 0.6) is 0 Å². The van der Waals surface area contributed by atoms with Crippen LogP contribution in [0.25, 0.3) is 11.0 Å². The van der Waals surface area contributed by atoms with Crippen molar-refractivity contribution in [3.8, 4) is 0 Å². The molecule has 3 rings (SSSR count). The predicted octanol–water partition coefficient (Wildman–Crippen LogP) is 3.85. The second-order valence-corrected chi connectivity index (χ2v) is 6.53.